The monoisotopic (exact) mass is 264 g/mol. The summed E-state index contributed by atoms with van der Waals surface area (Å²) in [6.07, 6.45) is -7.05. The fourth-order valence-corrected chi connectivity index (χ4v) is 1.58. The second-order valence-corrected chi connectivity index (χ2v) is 3.92. The molecule has 1 aliphatic heterocycles. The number of carbonyl (C=O) groups is 2. The average molecular weight is 264 g/mol. The number of esters is 2. The molecule has 0 aromatic carbocycles. The molecule has 0 radical (unpaired) electrons. The summed E-state index contributed by atoms with van der Waals surface area (Å²) in [5.74, 6) is -1.31. The van der Waals surface area contributed by atoms with Crippen molar-refractivity contribution in [3.8, 4) is 0 Å². The Kier molecular flexibility index (Phi) is 5.03. The summed E-state index contributed by atoms with van der Waals surface area (Å²) in [6, 6.07) is 0. The Labute approximate surface area is 103 Å². The minimum absolute atomic E-state index is 0.321. The van der Waals surface area contributed by atoms with E-state index in [2.05, 4.69) is 4.74 Å². The van der Waals surface area contributed by atoms with E-state index in [9.17, 15) is 24.9 Å². The van der Waals surface area contributed by atoms with E-state index in [4.69, 9.17) is 9.47 Å². The van der Waals surface area contributed by atoms with Gasteiger partial charge in [-0.2, -0.15) is 0 Å². The summed E-state index contributed by atoms with van der Waals surface area (Å²) in [5.41, 5.74) is 0. The zero-order chi connectivity index (χ0) is 13.9. The van der Waals surface area contributed by atoms with Crippen LogP contribution in [0.2, 0.25) is 0 Å². The average Bonchev–Trinajstić information content (AvgIpc) is 2.27. The van der Waals surface area contributed by atoms with Crippen molar-refractivity contribution < 1.29 is 39.1 Å². The van der Waals surface area contributed by atoms with Gasteiger partial charge in [-0.25, -0.2) is 0 Å². The van der Waals surface area contributed by atoms with Gasteiger partial charge in [0.2, 0.25) is 0 Å². The Morgan fingerprint density at radius 2 is 1.72 bits per heavy atom. The molecule has 0 spiro atoms. The first-order valence-corrected chi connectivity index (χ1v) is 5.33. The summed E-state index contributed by atoms with van der Waals surface area (Å²) in [7, 11) is 0. The van der Waals surface area contributed by atoms with Crippen molar-refractivity contribution in [1.29, 1.82) is 0 Å². The van der Waals surface area contributed by atoms with E-state index in [0.29, 0.717) is 0 Å². The van der Waals surface area contributed by atoms with Gasteiger partial charge >= 0.3 is 11.9 Å². The summed E-state index contributed by atoms with van der Waals surface area (Å²) >= 11 is 0. The number of rotatable bonds is 3. The Bertz CT molecular complexity index is 317. The molecule has 8 heteroatoms. The molecule has 3 N–H and O–H groups in total. The lowest BCUT2D eigenvalue weighted by Gasteiger charge is -2.39. The van der Waals surface area contributed by atoms with Crippen molar-refractivity contribution in [3.05, 3.63) is 0 Å². The Balaban J connectivity index is 2.70. The maximum absolute atomic E-state index is 10.8. The van der Waals surface area contributed by atoms with E-state index < -0.39 is 42.6 Å². The third-order valence-corrected chi connectivity index (χ3v) is 2.41. The highest BCUT2D eigenvalue weighted by Crippen LogP contribution is 2.22. The summed E-state index contributed by atoms with van der Waals surface area (Å²) < 4.78 is 14.2. The lowest BCUT2D eigenvalue weighted by molar-refractivity contribution is -0.290. The van der Waals surface area contributed by atoms with Crippen LogP contribution in [-0.4, -0.2) is 64.6 Å². The van der Waals surface area contributed by atoms with E-state index >= 15 is 0 Å². The molecule has 1 fully saturated rings. The molecule has 1 aliphatic rings. The number of hydrogen-bond donors (Lipinski definition) is 3. The zero-order valence-corrected chi connectivity index (χ0v) is 9.98. The van der Waals surface area contributed by atoms with E-state index in [1.54, 1.807) is 0 Å². The van der Waals surface area contributed by atoms with Crippen LogP contribution in [0.3, 0.4) is 0 Å². The zero-order valence-electron chi connectivity index (χ0n) is 9.98. The van der Waals surface area contributed by atoms with Crippen molar-refractivity contribution in [2.45, 2.75) is 44.6 Å². The molecule has 1 rings (SSSR count). The van der Waals surface area contributed by atoms with Gasteiger partial charge in [-0.05, 0) is 0 Å². The lowest BCUT2D eigenvalue weighted by atomic mass is 9.99. The van der Waals surface area contributed by atoms with Gasteiger partial charge in [0, 0.05) is 13.8 Å². The van der Waals surface area contributed by atoms with E-state index in [1.165, 1.54) is 6.92 Å². The van der Waals surface area contributed by atoms with Gasteiger partial charge in [0.05, 0.1) is 0 Å². The minimum Gasteiger partial charge on any atom is -0.463 e. The second kappa shape index (κ2) is 6.10. The number of aliphatic hydroxyl groups excluding tert-OH is 3. The molecule has 8 nitrogen and oxygen atoms in total. The molecular formula is C10H16O8. The van der Waals surface area contributed by atoms with Gasteiger partial charge in [-0.3, -0.25) is 9.59 Å². The molecule has 0 amide bonds. The molecule has 0 aromatic heterocycles. The van der Waals surface area contributed by atoms with E-state index in [-0.39, 0.29) is 6.61 Å². The highest BCUT2D eigenvalue weighted by atomic mass is 16.7. The van der Waals surface area contributed by atoms with Crippen molar-refractivity contribution in [1.82, 2.24) is 0 Å². The van der Waals surface area contributed by atoms with E-state index in [1.807, 2.05) is 0 Å². The smallest absolute Gasteiger partial charge is 0.303 e. The topological polar surface area (TPSA) is 123 Å². The van der Waals surface area contributed by atoms with Crippen LogP contribution in [0, 0.1) is 0 Å². The molecular weight excluding hydrogens is 248 g/mol. The van der Waals surface area contributed by atoms with Gasteiger partial charge in [0.1, 0.15) is 24.9 Å². The highest BCUT2D eigenvalue weighted by Gasteiger charge is 2.46. The number of ether oxygens (including phenoxy) is 3. The molecule has 1 saturated heterocycles. The predicted molar refractivity (Wildman–Crippen MR) is 55.1 cm³/mol. The molecule has 0 aliphatic carbocycles. The first kappa shape index (κ1) is 14.8. The summed E-state index contributed by atoms with van der Waals surface area (Å²) in [4.78, 5) is 21.5. The predicted octanol–water partition coefficient (Wildman–Crippen LogP) is -2.08. The number of hydrogen-bond acceptors (Lipinski definition) is 8. The van der Waals surface area contributed by atoms with Crippen LogP contribution in [0.4, 0.5) is 0 Å². The van der Waals surface area contributed by atoms with Crippen LogP contribution < -0.4 is 0 Å². The van der Waals surface area contributed by atoms with Crippen LogP contribution in [0.25, 0.3) is 0 Å². The number of carbonyl (C=O) groups excluding carboxylic acids is 2. The minimum atomic E-state index is -1.64. The van der Waals surface area contributed by atoms with Gasteiger partial charge < -0.3 is 29.5 Å². The van der Waals surface area contributed by atoms with Crippen LogP contribution in [0.5, 0.6) is 0 Å². The fraction of sp³-hybridized carbons (Fsp3) is 0.800. The second-order valence-electron chi connectivity index (χ2n) is 3.92. The first-order chi connectivity index (χ1) is 8.32. The van der Waals surface area contributed by atoms with Crippen LogP contribution in [0.1, 0.15) is 13.8 Å². The van der Waals surface area contributed by atoms with Gasteiger partial charge in [0.25, 0.3) is 0 Å². The third-order valence-electron chi connectivity index (χ3n) is 2.41. The lowest BCUT2D eigenvalue weighted by Crippen LogP contribution is -2.60. The van der Waals surface area contributed by atoms with Crippen molar-refractivity contribution in [2.24, 2.45) is 0 Å². The Hall–Kier alpha value is -1.22. The Morgan fingerprint density at radius 1 is 1.11 bits per heavy atom. The van der Waals surface area contributed by atoms with Gasteiger partial charge in [0.15, 0.2) is 12.4 Å². The normalized spacial score (nSPS) is 35.9. The molecule has 5 atom stereocenters. The van der Waals surface area contributed by atoms with Crippen LogP contribution >= 0.6 is 0 Å². The summed E-state index contributed by atoms with van der Waals surface area (Å²) in [5, 5.41) is 28.7. The van der Waals surface area contributed by atoms with Crippen molar-refractivity contribution in [2.75, 3.05) is 6.61 Å². The van der Waals surface area contributed by atoms with E-state index in [0.717, 1.165) is 6.92 Å². The largest absolute Gasteiger partial charge is 0.463 e. The molecule has 1 heterocycles. The maximum atomic E-state index is 10.8. The molecule has 104 valence electrons. The highest BCUT2D eigenvalue weighted by molar-refractivity contribution is 5.66. The van der Waals surface area contributed by atoms with Crippen molar-refractivity contribution >= 4 is 11.9 Å². The quantitative estimate of drug-likeness (QED) is 0.496. The Morgan fingerprint density at radius 3 is 2.22 bits per heavy atom. The molecule has 0 saturated carbocycles. The number of aliphatic hydroxyl groups is 3. The van der Waals surface area contributed by atoms with Crippen molar-refractivity contribution in [3.63, 3.8) is 0 Å². The van der Waals surface area contributed by atoms with Gasteiger partial charge in [-0.15, -0.1) is 0 Å². The molecule has 18 heavy (non-hydrogen) atoms. The summed E-state index contributed by atoms with van der Waals surface area (Å²) in [6.45, 7) is 1.95. The maximum Gasteiger partial charge on any atom is 0.303 e. The molecule has 0 bridgehead atoms. The molecule has 0 aromatic rings. The van der Waals surface area contributed by atoms with Gasteiger partial charge in [-0.1, -0.05) is 0 Å². The SMILES string of the molecule is CC(=O)OC[C@H]1O[C@H](O)[C@H](O)[C@@H](OC(C)=O)[C@@H]1O. The standard InChI is InChI=1S/C10H16O8/c1-4(11)16-3-6-7(13)9(17-5(2)12)8(14)10(15)18-6/h6-10,13-15H,3H2,1-2H3/t6-,7-,8-,9+,10+/m1/s1. The fourth-order valence-electron chi connectivity index (χ4n) is 1.58. The third kappa shape index (κ3) is 3.64. The van der Waals surface area contributed by atoms with Crippen LogP contribution in [-0.2, 0) is 23.8 Å². The molecule has 0 unspecified atom stereocenters. The first-order valence-electron chi connectivity index (χ1n) is 5.33. The van der Waals surface area contributed by atoms with Crippen LogP contribution in [0.15, 0.2) is 0 Å².